The lowest BCUT2D eigenvalue weighted by Gasteiger charge is -2.22. The van der Waals surface area contributed by atoms with Crippen LogP contribution in [0, 0.1) is 17.1 Å². The van der Waals surface area contributed by atoms with E-state index in [4.69, 9.17) is 5.26 Å². The van der Waals surface area contributed by atoms with Crippen molar-refractivity contribution in [1.82, 2.24) is 10.2 Å². The van der Waals surface area contributed by atoms with Gasteiger partial charge in [-0.3, -0.25) is 0 Å². The van der Waals surface area contributed by atoms with E-state index in [1.54, 1.807) is 18.2 Å². The Labute approximate surface area is 122 Å². The number of nitrogens with zero attached hydrogens (tertiary/aromatic N) is 4. The van der Waals surface area contributed by atoms with E-state index in [9.17, 15) is 4.39 Å². The third-order valence-corrected chi connectivity index (χ3v) is 3.58. The topological polar surface area (TPSA) is 52.8 Å². The fourth-order valence-corrected chi connectivity index (χ4v) is 2.35. The fraction of sp³-hybridized carbons (Fsp3) is 0.312. The first-order valence-electron chi connectivity index (χ1n) is 7.01. The predicted octanol–water partition coefficient (Wildman–Crippen LogP) is 2.70. The molecule has 1 saturated carbocycles. The van der Waals surface area contributed by atoms with Crippen molar-refractivity contribution < 1.29 is 4.39 Å². The summed E-state index contributed by atoms with van der Waals surface area (Å²) in [6.45, 7) is 0.773. The van der Waals surface area contributed by atoms with Gasteiger partial charge in [-0.15, -0.1) is 10.2 Å². The van der Waals surface area contributed by atoms with Crippen molar-refractivity contribution in [1.29, 1.82) is 5.26 Å². The molecule has 2 aromatic rings. The number of hydrogen-bond donors (Lipinski definition) is 0. The smallest absolute Gasteiger partial charge is 0.163 e. The summed E-state index contributed by atoms with van der Waals surface area (Å²) in [4.78, 5) is 2.19. The molecule has 1 fully saturated rings. The first-order chi connectivity index (χ1) is 10.3. The Balaban J connectivity index is 1.71. The molecule has 0 bridgehead atoms. The summed E-state index contributed by atoms with van der Waals surface area (Å²) >= 11 is 0. The van der Waals surface area contributed by atoms with Crippen LogP contribution in [0.25, 0.3) is 0 Å². The van der Waals surface area contributed by atoms with Crippen molar-refractivity contribution in [2.45, 2.75) is 25.3 Å². The average molecular weight is 282 g/mol. The van der Waals surface area contributed by atoms with Gasteiger partial charge in [0, 0.05) is 12.6 Å². The maximum atomic E-state index is 13.2. The van der Waals surface area contributed by atoms with Crippen LogP contribution in [-0.2, 0) is 6.42 Å². The fourth-order valence-electron chi connectivity index (χ4n) is 2.35. The van der Waals surface area contributed by atoms with Gasteiger partial charge < -0.3 is 4.90 Å². The van der Waals surface area contributed by atoms with Gasteiger partial charge in [0.2, 0.25) is 0 Å². The minimum absolute atomic E-state index is 0.205. The minimum atomic E-state index is -0.205. The molecule has 1 aliphatic carbocycles. The van der Waals surface area contributed by atoms with E-state index in [-0.39, 0.29) is 5.82 Å². The molecule has 0 atom stereocenters. The summed E-state index contributed by atoms with van der Waals surface area (Å²) in [5.74, 6) is 0.580. The molecule has 1 aliphatic rings. The molecule has 1 aromatic heterocycles. The highest BCUT2D eigenvalue weighted by Crippen LogP contribution is 2.30. The maximum Gasteiger partial charge on any atom is 0.163 e. The molecule has 1 heterocycles. The second kappa shape index (κ2) is 5.88. The van der Waals surface area contributed by atoms with Gasteiger partial charge in [0.1, 0.15) is 11.9 Å². The Bertz CT molecular complexity index is 659. The van der Waals surface area contributed by atoms with Crippen LogP contribution in [0.1, 0.15) is 24.1 Å². The molecule has 1 aromatic carbocycles. The zero-order valence-corrected chi connectivity index (χ0v) is 11.5. The van der Waals surface area contributed by atoms with Crippen LogP contribution < -0.4 is 4.90 Å². The number of rotatable bonds is 5. The molecule has 0 amide bonds. The largest absolute Gasteiger partial charge is 0.352 e. The lowest BCUT2D eigenvalue weighted by molar-refractivity contribution is 0.624. The zero-order valence-electron chi connectivity index (χ0n) is 11.5. The lowest BCUT2D eigenvalue weighted by atomic mass is 10.1. The summed E-state index contributed by atoms with van der Waals surface area (Å²) in [6, 6.07) is 12.6. The molecule has 0 radical (unpaired) electrons. The van der Waals surface area contributed by atoms with Crippen molar-refractivity contribution in [2.24, 2.45) is 0 Å². The average Bonchev–Trinajstić information content (AvgIpc) is 3.33. The van der Waals surface area contributed by atoms with Gasteiger partial charge in [0.25, 0.3) is 0 Å². The standard InChI is InChI=1S/C16H15FN4/c17-13-3-1-2-12(10-13)8-9-21(15-5-6-15)16-7-4-14(11-18)19-20-16/h1-4,7,10,15H,5-6,8-9H2. The van der Waals surface area contributed by atoms with Crippen molar-refractivity contribution in [2.75, 3.05) is 11.4 Å². The van der Waals surface area contributed by atoms with E-state index in [2.05, 4.69) is 15.1 Å². The second-order valence-electron chi connectivity index (χ2n) is 5.19. The summed E-state index contributed by atoms with van der Waals surface area (Å²) in [5, 5.41) is 16.8. The Hall–Kier alpha value is -2.48. The molecular weight excluding hydrogens is 267 g/mol. The molecule has 21 heavy (non-hydrogen) atoms. The number of hydrogen-bond acceptors (Lipinski definition) is 4. The highest BCUT2D eigenvalue weighted by molar-refractivity contribution is 5.42. The number of benzene rings is 1. The Morgan fingerprint density at radius 1 is 1.24 bits per heavy atom. The maximum absolute atomic E-state index is 13.2. The van der Waals surface area contributed by atoms with Gasteiger partial charge in [-0.1, -0.05) is 12.1 Å². The van der Waals surface area contributed by atoms with Gasteiger partial charge in [-0.2, -0.15) is 5.26 Å². The van der Waals surface area contributed by atoms with Crippen LogP contribution in [-0.4, -0.2) is 22.8 Å². The predicted molar refractivity (Wildman–Crippen MR) is 77.2 cm³/mol. The minimum Gasteiger partial charge on any atom is -0.352 e. The Kier molecular flexibility index (Phi) is 3.78. The monoisotopic (exact) mass is 282 g/mol. The van der Waals surface area contributed by atoms with E-state index in [1.165, 1.54) is 6.07 Å². The van der Waals surface area contributed by atoms with Crippen LogP contribution in [0.2, 0.25) is 0 Å². The van der Waals surface area contributed by atoms with Crippen molar-refractivity contribution in [3.8, 4) is 6.07 Å². The first kappa shape index (κ1) is 13.5. The molecule has 106 valence electrons. The molecule has 0 N–H and O–H groups in total. The first-order valence-corrected chi connectivity index (χ1v) is 7.01. The van der Waals surface area contributed by atoms with Crippen molar-refractivity contribution >= 4 is 5.82 Å². The summed E-state index contributed by atoms with van der Waals surface area (Å²) < 4.78 is 13.2. The van der Waals surface area contributed by atoms with Crippen molar-refractivity contribution in [3.05, 3.63) is 53.5 Å². The molecule has 5 heteroatoms. The molecule has 3 rings (SSSR count). The van der Waals surface area contributed by atoms with Crippen LogP contribution in [0.15, 0.2) is 36.4 Å². The number of anilines is 1. The van der Waals surface area contributed by atoms with E-state index in [1.807, 2.05) is 18.2 Å². The van der Waals surface area contributed by atoms with E-state index in [0.717, 1.165) is 37.2 Å². The van der Waals surface area contributed by atoms with Gasteiger partial charge in [0.15, 0.2) is 11.5 Å². The van der Waals surface area contributed by atoms with Gasteiger partial charge in [-0.05, 0) is 49.1 Å². The molecule has 0 aliphatic heterocycles. The summed E-state index contributed by atoms with van der Waals surface area (Å²) in [7, 11) is 0. The van der Waals surface area contributed by atoms with E-state index >= 15 is 0 Å². The second-order valence-corrected chi connectivity index (χ2v) is 5.19. The van der Waals surface area contributed by atoms with E-state index < -0.39 is 0 Å². The third-order valence-electron chi connectivity index (χ3n) is 3.58. The Morgan fingerprint density at radius 2 is 2.10 bits per heavy atom. The summed E-state index contributed by atoms with van der Waals surface area (Å²) in [6.07, 6.45) is 3.05. The molecule has 0 unspecified atom stereocenters. The normalized spacial score (nSPS) is 13.7. The van der Waals surface area contributed by atoms with Crippen LogP contribution in [0.4, 0.5) is 10.2 Å². The van der Waals surface area contributed by atoms with Gasteiger partial charge in [0.05, 0.1) is 0 Å². The highest BCUT2D eigenvalue weighted by atomic mass is 19.1. The van der Waals surface area contributed by atoms with Crippen LogP contribution in [0.5, 0.6) is 0 Å². The molecule has 4 nitrogen and oxygen atoms in total. The highest BCUT2D eigenvalue weighted by Gasteiger charge is 2.29. The molecule has 0 saturated heterocycles. The van der Waals surface area contributed by atoms with Gasteiger partial charge >= 0.3 is 0 Å². The van der Waals surface area contributed by atoms with Crippen molar-refractivity contribution in [3.63, 3.8) is 0 Å². The molecular formula is C16H15FN4. The van der Waals surface area contributed by atoms with Crippen LogP contribution >= 0.6 is 0 Å². The number of aromatic nitrogens is 2. The summed E-state index contributed by atoms with van der Waals surface area (Å²) in [5.41, 5.74) is 1.29. The van der Waals surface area contributed by atoms with E-state index in [0.29, 0.717) is 11.7 Å². The number of halogens is 1. The Morgan fingerprint density at radius 3 is 2.71 bits per heavy atom. The van der Waals surface area contributed by atoms with Crippen LogP contribution in [0.3, 0.4) is 0 Å². The van der Waals surface area contributed by atoms with Gasteiger partial charge in [-0.25, -0.2) is 4.39 Å². The number of nitriles is 1. The SMILES string of the molecule is N#Cc1ccc(N(CCc2cccc(F)c2)C2CC2)nn1. The molecule has 0 spiro atoms. The quantitative estimate of drug-likeness (QED) is 0.846. The lowest BCUT2D eigenvalue weighted by Crippen LogP contribution is -2.29. The third kappa shape index (κ3) is 3.34. The zero-order chi connectivity index (χ0) is 14.7.